The van der Waals surface area contributed by atoms with Gasteiger partial charge in [-0.2, -0.15) is 4.99 Å². The second-order valence-corrected chi connectivity index (χ2v) is 9.30. The highest BCUT2D eigenvalue weighted by Gasteiger charge is 2.24. The molecule has 2 amide bonds. The summed E-state index contributed by atoms with van der Waals surface area (Å²) in [4.78, 5) is 41.1. The molecule has 0 aromatic heterocycles. The van der Waals surface area contributed by atoms with E-state index in [0.717, 1.165) is 37.2 Å². The van der Waals surface area contributed by atoms with E-state index >= 15 is 0 Å². The number of carbonyl (C=O) groups is 2. The molecule has 0 atom stereocenters. The normalized spacial score (nSPS) is 19.5. The van der Waals surface area contributed by atoms with Gasteiger partial charge < -0.3 is 21.3 Å². The van der Waals surface area contributed by atoms with Gasteiger partial charge in [-0.3, -0.25) is 14.9 Å². The molecule has 5 rings (SSSR count). The highest BCUT2D eigenvalue weighted by molar-refractivity contribution is 6.12. The SMILES string of the molecule is NC=C1CCCCC(=O)Nc2cccc(c2)N=C2N=C(Nc3cccc(C(=O)N4CCNCC4)c3)[NH2+]C1=N2. The Bertz CT molecular complexity index is 1340. The zero-order valence-electron chi connectivity index (χ0n) is 21.1. The van der Waals surface area contributed by atoms with E-state index in [2.05, 4.69) is 30.9 Å². The average molecular weight is 515 g/mol. The number of nitrogens with two attached hydrogens (primary N) is 2. The van der Waals surface area contributed by atoms with Crippen LogP contribution in [0.25, 0.3) is 0 Å². The van der Waals surface area contributed by atoms with Crippen molar-refractivity contribution in [1.82, 2.24) is 10.2 Å². The Hall–Kier alpha value is -4.35. The monoisotopic (exact) mass is 514 g/mol. The number of guanidine groups is 2. The van der Waals surface area contributed by atoms with Crippen LogP contribution in [0.15, 0.2) is 75.3 Å². The van der Waals surface area contributed by atoms with Crippen molar-refractivity contribution < 1.29 is 14.9 Å². The van der Waals surface area contributed by atoms with Crippen molar-refractivity contribution in [3.8, 4) is 0 Å². The average Bonchev–Trinajstić information content (AvgIpc) is 2.93. The summed E-state index contributed by atoms with van der Waals surface area (Å²) in [5.74, 6) is 1.44. The number of nitrogens with zero attached hydrogens (tertiary/aromatic N) is 4. The van der Waals surface area contributed by atoms with Gasteiger partial charge in [-0.05, 0) is 55.7 Å². The van der Waals surface area contributed by atoms with Crippen molar-refractivity contribution in [2.75, 3.05) is 36.8 Å². The molecule has 11 heteroatoms. The van der Waals surface area contributed by atoms with Crippen LogP contribution in [0.5, 0.6) is 0 Å². The zero-order valence-corrected chi connectivity index (χ0v) is 21.1. The number of benzene rings is 2. The second kappa shape index (κ2) is 11.8. The van der Waals surface area contributed by atoms with E-state index in [1.54, 1.807) is 12.3 Å². The summed E-state index contributed by atoms with van der Waals surface area (Å²) in [6.07, 6.45) is 4.15. The van der Waals surface area contributed by atoms with E-state index in [4.69, 9.17) is 5.73 Å². The molecule has 0 unspecified atom stereocenters. The molecule has 1 saturated heterocycles. The number of amides is 2. The van der Waals surface area contributed by atoms with Crippen LogP contribution in [0.2, 0.25) is 0 Å². The summed E-state index contributed by atoms with van der Waals surface area (Å²) in [5.41, 5.74) is 9.48. The molecule has 1 fully saturated rings. The van der Waals surface area contributed by atoms with Crippen LogP contribution in [0, 0.1) is 0 Å². The molecule has 0 aliphatic carbocycles. The highest BCUT2D eigenvalue weighted by Crippen LogP contribution is 2.21. The number of hydrogen-bond donors (Lipinski definition) is 5. The molecule has 0 radical (unpaired) electrons. The molecule has 3 heterocycles. The van der Waals surface area contributed by atoms with Gasteiger partial charge in [-0.25, -0.2) is 10.3 Å². The van der Waals surface area contributed by atoms with Gasteiger partial charge in [-0.1, -0.05) is 12.1 Å². The predicted molar refractivity (Wildman–Crippen MR) is 149 cm³/mol. The van der Waals surface area contributed by atoms with Crippen LogP contribution in [-0.2, 0) is 4.79 Å². The Labute approximate surface area is 221 Å². The van der Waals surface area contributed by atoms with E-state index in [1.807, 2.05) is 52.7 Å². The third kappa shape index (κ3) is 6.31. The maximum atomic E-state index is 13.0. The fourth-order valence-electron chi connectivity index (χ4n) is 4.53. The molecule has 2 aromatic rings. The number of piperazine rings is 1. The van der Waals surface area contributed by atoms with Gasteiger partial charge >= 0.3 is 5.96 Å². The van der Waals surface area contributed by atoms with Crippen LogP contribution in [0.1, 0.15) is 36.0 Å². The van der Waals surface area contributed by atoms with Gasteiger partial charge in [0.25, 0.3) is 11.9 Å². The molecular weight excluding hydrogens is 482 g/mol. The molecule has 7 N–H and O–H groups in total. The fourth-order valence-corrected chi connectivity index (χ4v) is 4.53. The van der Waals surface area contributed by atoms with Crippen LogP contribution in [-0.4, -0.2) is 60.6 Å². The quantitative estimate of drug-likeness (QED) is 0.411. The lowest BCUT2D eigenvalue weighted by Gasteiger charge is -2.27. The first kappa shape index (κ1) is 25.3. The van der Waals surface area contributed by atoms with Crippen molar-refractivity contribution in [3.05, 3.63) is 65.9 Å². The van der Waals surface area contributed by atoms with Gasteiger partial charge in [0, 0.05) is 61.3 Å². The molecule has 196 valence electrons. The van der Waals surface area contributed by atoms with E-state index in [1.165, 1.54) is 0 Å². The van der Waals surface area contributed by atoms with Gasteiger partial charge in [0.2, 0.25) is 11.7 Å². The van der Waals surface area contributed by atoms with Crippen molar-refractivity contribution in [1.29, 1.82) is 0 Å². The minimum Gasteiger partial charge on any atom is -0.404 e. The smallest absolute Gasteiger partial charge is 0.313 e. The summed E-state index contributed by atoms with van der Waals surface area (Å²) in [5, 5.41) is 11.3. The molecule has 0 spiro atoms. The first-order valence-electron chi connectivity index (χ1n) is 12.9. The van der Waals surface area contributed by atoms with Crippen molar-refractivity contribution in [2.24, 2.45) is 20.7 Å². The molecule has 2 aromatic carbocycles. The first-order chi connectivity index (χ1) is 18.6. The Morgan fingerprint density at radius 1 is 1.03 bits per heavy atom. The lowest BCUT2D eigenvalue weighted by atomic mass is 10.1. The van der Waals surface area contributed by atoms with Crippen LogP contribution < -0.4 is 27.0 Å². The lowest BCUT2D eigenvalue weighted by Crippen LogP contribution is -2.94. The number of nitrogens with one attached hydrogen (secondary N) is 3. The van der Waals surface area contributed by atoms with Crippen molar-refractivity contribution in [2.45, 2.75) is 25.7 Å². The van der Waals surface area contributed by atoms with Crippen LogP contribution >= 0.6 is 0 Å². The second-order valence-electron chi connectivity index (χ2n) is 9.30. The number of rotatable bonds is 2. The molecule has 4 bridgehead atoms. The number of carbonyl (C=O) groups excluding carboxylic acids is 2. The molecule has 0 saturated carbocycles. The number of fused-ring (bicyclic) bond motifs is 3. The Morgan fingerprint density at radius 3 is 2.68 bits per heavy atom. The Morgan fingerprint density at radius 2 is 1.84 bits per heavy atom. The topological polar surface area (TPSA) is 153 Å². The van der Waals surface area contributed by atoms with Crippen LogP contribution in [0.4, 0.5) is 17.1 Å². The molecule has 38 heavy (non-hydrogen) atoms. The van der Waals surface area contributed by atoms with Crippen molar-refractivity contribution in [3.63, 3.8) is 0 Å². The maximum Gasteiger partial charge on any atom is 0.313 e. The van der Waals surface area contributed by atoms with Gasteiger partial charge in [-0.15, -0.1) is 4.99 Å². The Kier molecular flexibility index (Phi) is 7.86. The van der Waals surface area contributed by atoms with E-state index in [-0.39, 0.29) is 17.8 Å². The van der Waals surface area contributed by atoms with Gasteiger partial charge in [0.05, 0.1) is 5.69 Å². The van der Waals surface area contributed by atoms with E-state index in [0.29, 0.717) is 54.7 Å². The van der Waals surface area contributed by atoms with Gasteiger partial charge in [0.15, 0.2) is 0 Å². The van der Waals surface area contributed by atoms with E-state index in [9.17, 15) is 9.59 Å². The maximum absolute atomic E-state index is 13.0. The van der Waals surface area contributed by atoms with E-state index < -0.39 is 0 Å². The number of anilines is 2. The number of quaternary nitrogens is 1. The highest BCUT2D eigenvalue weighted by atomic mass is 16.2. The van der Waals surface area contributed by atoms with Crippen LogP contribution in [0.3, 0.4) is 0 Å². The first-order valence-corrected chi connectivity index (χ1v) is 12.9. The third-order valence-electron chi connectivity index (χ3n) is 6.49. The predicted octanol–water partition coefficient (Wildman–Crippen LogP) is 1.52. The molecule has 3 aliphatic rings. The van der Waals surface area contributed by atoms with Crippen molar-refractivity contribution >= 4 is 46.6 Å². The summed E-state index contributed by atoms with van der Waals surface area (Å²) in [6, 6.07) is 14.7. The minimum atomic E-state index is -0.0311. The Balaban J connectivity index is 1.43. The van der Waals surface area contributed by atoms with Gasteiger partial charge in [0.1, 0.15) is 0 Å². The molecular formula is C27H32N9O2+. The summed E-state index contributed by atoms with van der Waals surface area (Å²) >= 11 is 0. The molecule has 3 aliphatic heterocycles. The minimum absolute atomic E-state index is 0.0102. The largest absolute Gasteiger partial charge is 0.404 e. The standard InChI is InChI=1S/C27H31N9O2/c28-17-19-5-1-2-10-23(37)30-21-8-4-9-22(16-21)32-27-34-24(19)33-26(35-27)31-20-7-3-6-18(15-20)25(38)36-13-11-29-12-14-36/h3-4,6-9,15-17,29H,1-2,5,10-14,28H2,(H,30,37)(H2,31,32,33,34,35)/p+1. The summed E-state index contributed by atoms with van der Waals surface area (Å²) in [7, 11) is 0. The summed E-state index contributed by atoms with van der Waals surface area (Å²) < 4.78 is 0. The number of amidine groups is 1. The zero-order chi connectivity index (χ0) is 26.3. The fraction of sp³-hybridized carbons (Fsp3) is 0.296. The number of hydrogen-bond acceptors (Lipinski definition) is 8. The lowest BCUT2D eigenvalue weighted by molar-refractivity contribution is -0.407. The summed E-state index contributed by atoms with van der Waals surface area (Å²) in [6.45, 7) is 2.98. The number of aliphatic imine (C=N–C) groups is 3. The molecule has 11 nitrogen and oxygen atoms in total. The third-order valence-corrected chi connectivity index (χ3v) is 6.49.